The highest BCUT2D eigenvalue weighted by atomic mass is 35.5. The van der Waals surface area contributed by atoms with Gasteiger partial charge in [-0.2, -0.15) is 5.26 Å². The van der Waals surface area contributed by atoms with Gasteiger partial charge in [0.15, 0.2) is 5.60 Å². The van der Waals surface area contributed by atoms with Crippen molar-refractivity contribution in [2.75, 3.05) is 0 Å². The fourth-order valence-corrected chi connectivity index (χ4v) is 4.12. The molecule has 6 nitrogen and oxygen atoms in total. The molecule has 2 N–H and O–H groups in total. The molecule has 3 aromatic rings. The van der Waals surface area contributed by atoms with Crippen LogP contribution in [0.25, 0.3) is 0 Å². The van der Waals surface area contributed by atoms with E-state index in [0.29, 0.717) is 16.7 Å². The third-order valence-corrected chi connectivity index (χ3v) is 6.07. The zero-order valence-electron chi connectivity index (χ0n) is 18.5. The van der Waals surface area contributed by atoms with E-state index in [0.717, 1.165) is 6.20 Å². The summed E-state index contributed by atoms with van der Waals surface area (Å²) in [6.07, 6.45) is -2.00. The number of aryl methyl sites for hydroxylation is 2. The molecule has 2 atom stereocenters. The second-order valence-electron chi connectivity index (χ2n) is 7.92. The lowest BCUT2D eigenvalue weighted by Crippen LogP contribution is -2.40. The minimum absolute atomic E-state index is 0.00545. The van der Waals surface area contributed by atoms with Crippen LogP contribution in [0.1, 0.15) is 51.0 Å². The van der Waals surface area contributed by atoms with Crippen molar-refractivity contribution in [1.82, 2.24) is 4.98 Å². The minimum Gasteiger partial charge on any atom is -0.478 e. The normalized spacial score (nSPS) is 13.7. The molecule has 3 rings (SSSR count). The molecule has 176 valence electrons. The Bertz CT molecular complexity index is 1250. The smallest absolute Gasteiger partial charge is 0.337 e. The molecular weight excluding hydrogens is 466 g/mol. The number of ether oxygens (including phenoxy) is 1. The lowest BCUT2D eigenvalue weighted by Gasteiger charge is -2.35. The molecular formula is C25H21ClF2N2O4. The molecule has 0 amide bonds. The lowest BCUT2D eigenvalue weighted by atomic mass is 9.77. The van der Waals surface area contributed by atoms with Crippen molar-refractivity contribution in [2.45, 2.75) is 38.7 Å². The lowest BCUT2D eigenvalue weighted by molar-refractivity contribution is -0.117. The van der Waals surface area contributed by atoms with Gasteiger partial charge >= 0.3 is 5.97 Å². The molecule has 9 heteroatoms. The zero-order valence-corrected chi connectivity index (χ0v) is 19.3. The van der Waals surface area contributed by atoms with E-state index < -0.39 is 23.9 Å². The molecule has 0 aliphatic rings. The fraction of sp³-hybridized carbons (Fsp3) is 0.240. The predicted octanol–water partition coefficient (Wildman–Crippen LogP) is 5.97. The Hall–Kier alpha value is -3.54. The first-order valence-electron chi connectivity index (χ1n) is 10.2. The molecule has 0 aliphatic heterocycles. The third kappa shape index (κ3) is 4.72. The van der Waals surface area contributed by atoms with E-state index in [1.165, 1.54) is 49.4 Å². The van der Waals surface area contributed by atoms with Crippen LogP contribution in [0.3, 0.4) is 0 Å². The Labute approximate surface area is 200 Å². The summed E-state index contributed by atoms with van der Waals surface area (Å²) in [5.41, 5.74) is -0.968. The van der Waals surface area contributed by atoms with E-state index in [9.17, 15) is 23.9 Å². The highest BCUT2D eigenvalue weighted by molar-refractivity contribution is 6.31. The summed E-state index contributed by atoms with van der Waals surface area (Å²) in [6.45, 7) is 4.70. The molecule has 0 spiro atoms. The molecule has 2 aromatic carbocycles. The predicted molar refractivity (Wildman–Crippen MR) is 122 cm³/mol. The van der Waals surface area contributed by atoms with Gasteiger partial charge in [0.25, 0.3) is 6.43 Å². The summed E-state index contributed by atoms with van der Waals surface area (Å²) in [5, 5.41) is 29.5. The average molecular weight is 487 g/mol. The number of hydrogen-bond acceptors (Lipinski definition) is 5. The summed E-state index contributed by atoms with van der Waals surface area (Å²) in [6, 6.07) is 11.9. The number of aliphatic hydroxyl groups is 1. The van der Waals surface area contributed by atoms with Crippen molar-refractivity contribution in [3.8, 4) is 17.7 Å². The summed E-state index contributed by atoms with van der Waals surface area (Å²) in [7, 11) is 0. The van der Waals surface area contributed by atoms with Crippen molar-refractivity contribution in [3.05, 3.63) is 87.1 Å². The van der Waals surface area contributed by atoms with Gasteiger partial charge in [-0.25, -0.2) is 18.6 Å². The van der Waals surface area contributed by atoms with Gasteiger partial charge < -0.3 is 14.9 Å². The van der Waals surface area contributed by atoms with Gasteiger partial charge in [-0.3, -0.25) is 0 Å². The Morgan fingerprint density at radius 1 is 1.18 bits per heavy atom. The topological polar surface area (TPSA) is 103 Å². The molecule has 1 aromatic heterocycles. The minimum atomic E-state index is -3.14. The van der Waals surface area contributed by atoms with E-state index in [-0.39, 0.29) is 33.3 Å². The average Bonchev–Trinajstić information content (AvgIpc) is 2.78. The van der Waals surface area contributed by atoms with Crippen LogP contribution >= 0.6 is 11.6 Å². The molecule has 0 radical (unpaired) electrons. The summed E-state index contributed by atoms with van der Waals surface area (Å²) < 4.78 is 34.2. The summed E-state index contributed by atoms with van der Waals surface area (Å²) >= 11 is 6.39. The Morgan fingerprint density at radius 3 is 2.29 bits per heavy atom. The van der Waals surface area contributed by atoms with Gasteiger partial charge in [0, 0.05) is 23.2 Å². The maximum Gasteiger partial charge on any atom is 0.337 e. The second kappa shape index (κ2) is 9.75. The number of carboxylic acid groups (broad SMARTS) is 1. The first kappa shape index (κ1) is 25.1. The van der Waals surface area contributed by atoms with Crippen LogP contribution in [0.15, 0.2) is 48.7 Å². The van der Waals surface area contributed by atoms with Crippen LogP contribution in [0, 0.1) is 25.2 Å². The number of carboxylic acids is 1. The van der Waals surface area contributed by atoms with E-state index in [4.69, 9.17) is 21.4 Å². The van der Waals surface area contributed by atoms with Crippen LogP contribution < -0.4 is 4.74 Å². The molecule has 0 aliphatic carbocycles. The van der Waals surface area contributed by atoms with E-state index in [2.05, 4.69) is 4.98 Å². The van der Waals surface area contributed by atoms with Crippen LogP contribution in [-0.4, -0.2) is 27.6 Å². The molecule has 0 unspecified atom stereocenters. The molecule has 34 heavy (non-hydrogen) atoms. The number of carbonyl (C=O) groups is 1. The number of benzene rings is 2. The van der Waals surface area contributed by atoms with Crippen molar-refractivity contribution in [2.24, 2.45) is 0 Å². The molecule has 0 saturated heterocycles. The Morgan fingerprint density at radius 2 is 1.82 bits per heavy atom. The zero-order chi connectivity index (χ0) is 25.2. The number of nitrogens with zero attached hydrogens (tertiary/aromatic N) is 2. The quantitative estimate of drug-likeness (QED) is 0.426. The SMILES string of the molecule is Cc1cc([C@](O)(C(F)F)[C@@H](C)c2ccc(Oc3ccc(C(=O)O)cn3)cc2Cl)cc(C)c1C#N. The van der Waals surface area contributed by atoms with Gasteiger partial charge in [0.1, 0.15) is 5.75 Å². The fourth-order valence-electron chi connectivity index (χ4n) is 3.78. The molecule has 0 fully saturated rings. The summed E-state index contributed by atoms with van der Waals surface area (Å²) in [4.78, 5) is 14.8. The number of alkyl halides is 2. The van der Waals surface area contributed by atoms with Crippen molar-refractivity contribution in [1.29, 1.82) is 5.26 Å². The van der Waals surface area contributed by atoms with Crippen LogP contribution in [0.4, 0.5) is 8.78 Å². The van der Waals surface area contributed by atoms with Gasteiger partial charge in [-0.1, -0.05) is 36.7 Å². The van der Waals surface area contributed by atoms with Gasteiger partial charge in [0.05, 0.1) is 17.2 Å². The van der Waals surface area contributed by atoms with Crippen molar-refractivity contribution in [3.63, 3.8) is 0 Å². The molecule has 0 bridgehead atoms. The van der Waals surface area contributed by atoms with Gasteiger partial charge in [-0.05, 0) is 54.3 Å². The van der Waals surface area contributed by atoms with Crippen molar-refractivity contribution >= 4 is 17.6 Å². The van der Waals surface area contributed by atoms with Gasteiger partial charge in [-0.15, -0.1) is 0 Å². The second-order valence-corrected chi connectivity index (χ2v) is 8.33. The van der Waals surface area contributed by atoms with Crippen LogP contribution in [0.5, 0.6) is 11.6 Å². The van der Waals surface area contributed by atoms with E-state index >= 15 is 0 Å². The first-order valence-corrected chi connectivity index (χ1v) is 10.6. The summed E-state index contributed by atoms with van der Waals surface area (Å²) in [5.74, 6) is -1.87. The number of aromatic carboxylic acids is 1. The number of rotatable bonds is 7. The standard InChI is InChI=1S/C25H21ClF2N2O4/c1-13-8-17(9-14(2)20(13)11-29)25(33,24(27)28)15(3)19-6-5-18(10-21(19)26)34-22-7-4-16(12-30-22)23(31)32/h4-10,12,15,24,33H,1-3H3,(H,31,32)/t15-,25-/m0/s1. The van der Waals surface area contributed by atoms with Gasteiger partial charge in [0.2, 0.25) is 5.88 Å². The largest absolute Gasteiger partial charge is 0.478 e. The Kier molecular flexibility index (Phi) is 7.20. The molecule has 1 heterocycles. The Balaban J connectivity index is 1.95. The van der Waals surface area contributed by atoms with Crippen LogP contribution in [0.2, 0.25) is 5.02 Å². The number of pyridine rings is 1. The van der Waals surface area contributed by atoms with E-state index in [1.54, 1.807) is 13.8 Å². The number of halogens is 3. The number of nitriles is 1. The van der Waals surface area contributed by atoms with Crippen LogP contribution in [-0.2, 0) is 5.60 Å². The monoisotopic (exact) mass is 486 g/mol. The first-order chi connectivity index (χ1) is 16.0. The highest BCUT2D eigenvalue weighted by Gasteiger charge is 2.46. The number of hydrogen-bond donors (Lipinski definition) is 2. The maximum atomic E-state index is 14.3. The molecule has 0 saturated carbocycles. The highest BCUT2D eigenvalue weighted by Crippen LogP contribution is 2.45. The van der Waals surface area contributed by atoms with E-state index in [1.807, 2.05) is 6.07 Å². The number of aromatic nitrogens is 1. The third-order valence-electron chi connectivity index (χ3n) is 5.74. The maximum absolute atomic E-state index is 14.3. The van der Waals surface area contributed by atoms with Crippen molar-refractivity contribution < 1.29 is 28.5 Å².